The number of hydrogen-bond acceptors (Lipinski definition) is 10. The van der Waals surface area contributed by atoms with Gasteiger partial charge in [0.25, 0.3) is 0 Å². The molecule has 1 fully saturated rings. The van der Waals surface area contributed by atoms with Gasteiger partial charge in [0.15, 0.2) is 0 Å². The van der Waals surface area contributed by atoms with E-state index in [0.717, 1.165) is 55.4 Å². The maximum Gasteiger partial charge on any atom is 0.320 e. The van der Waals surface area contributed by atoms with Crippen molar-refractivity contribution in [3.8, 4) is 11.8 Å². The summed E-state index contributed by atoms with van der Waals surface area (Å²) >= 11 is 3.46. The Bertz CT molecular complexity index is 1600. The van der Waals surface area contributed by atoms with Crippen LogP contribution in [0.5, 0.6) is 5.75 Å². The molecule has 13 heteroatoms. The van der Waals surface area contributed by atoms with E-state index in [9.17, 15) is 19.6 Å². The van der Waals surface area contributed by atoms with Crippen molar-refractivity contribution in [2.75, 3.05) is 70.2 Å². The summed E-state index contributed by atoms with van der Waals surface area (Å²) in [6, 6.07) is 13.0. The lowest BCUT2D eigenvalue weighted by molar-refractivity contribution is -0.144. The molecule has 236 valence electrons. The van der Waals surface area contributed by atoms with Crippen molar-refractivity contribution in [1.29, 1.82) is 5.26 Å². The van der Waals surface area contributed by atoms with Gasteiger partial charge in [-0.1, -0.05) is 22.0 Å². The molecule has 2 heterocycles. The zero-order valence-corrected chi connectivity index (χ0v) is 26.9. The number of fused-ring (bicyclic) bond motifs is 1. The van der Waals surface area contributed by atoms with Crippen LogP contribution >= 0.6 is 15.9 Å². The number of carbonyl (C=O) groups excluding carboxylic acids is 3. The molecule has 0 radical (unpaired) electrons. The molecule has 0 saturated carbocycles. The largest absolute Gasteiger partial charge is 0.494 e. The first kappa shape index (κ1) is 33.4. The quantitative estimate of drug-likeness (QED) is 0.139. The van der Waals surface area contributed by atoms with E-state index in [1.54, 1.807) is 19.1 Å². The van der Waals surface area contributed by atoms with Gasteiger partial charge in [0.2, 0.25) is 11.8 Å². The Kier molecular flexibility index (Phi) is 12.3. The predicted octanol–water partition coefficient (Wildman–Crippen LogP) is 3.80. The van der Waals surface area contributed by atoms with E-state index in [1.807, 2.05) is 24.3 Å². The molecular formula is C32H36BrN7O5. The highest BCUT2D eigenvalue weighted by atomic mass is 79.9. The lowest BCUT2D eigenvalue weighted by atomic mass is 10.1. The molecule has 2 aromatic carbocycles. The molecule has 0 spiro atoms. The van der Waals surface area contributed by atoms with Crippen LogP contribution in [-0.2, 0) is 19.1 Å². The van der Waals surface area contributed by atoms with Crippen molar-refractivity contribution < 1.29 is 23.9 Å². The summed E-state index contributed by atoms with van der Waals surface area (Å²) in [5, 5.41) is 19.2. The molecule has 1 aliphatic heterocycles. The van der Waals surface area contributed by atoms with Gasteiger partial charge in [-0.15, -0.1) is 0 Å². The number of rotatable bonds is 13. The van der Waals surface area contributed by atoms with Crippen LogP contribution in [0, 0.1) is 11.3 Å². The smallest absolute Gasteiger partial charge is 0.320 e. The molecule has 45 heavy (non-hydrogen) atoms. The molecule has 1 aromatic heterocycles. The highest BCUT2D eigenvalue weighted by Crippen LogP contribution is 2.36. The van der Waals surface area contributed by atoms with Gasteiger partial charge in [-0.05, 0) is 44.2 Å². The van der Waals surface area contributed by atoms with Crippen LogP contribution in [0.1, 0.15) is 18.9 Å². The summed E-state index contributed by atoms with van der Waals surface area (Å²) in [5.41, 5.74) is 2.55. The molecule has 3 N–H and O–H groups in total. The normalized spacial score (nSPS) is 13.7. The molecule has 3 aromatic rings. The van der Waals surface area contributed by atoms with Crippen molar-refractivity contribution in [2.45, 2.75) is 13.3 Å². The van der Waals surface area contributed by atoms with E-state index in [0.29, 0.717) is 53.3 Å². The predicted molar refractivity (Wildman–Crippen MR) is 175 cm³/mol. The van der Waals surface area contributed by atoms with E-state index in [4.69, 9.17) is 9.47 Å². The van der Waals surface area contributed by atoms with E-state index < -0.39 is 5.91 Å². The Hall–Kier alpha value is -4.51. The summed E-state index contributed by atoms with van der Waals surface area (Å²) < 4.78 is 11.4. The molecule has 0 unspecified atom stereocenters. The number of halogens is 1. The van der Waals surface area contributed by atoms with Gasteiger partial charge >= 0.3 is 5.97 Å². The van der Waals surface area contributed by atoms with Crippen LogP contribution in [0.4, 0.5) is 17.1 Å². The Balaban J connectivity index is 1.31. The van der Waals surface area contributed by atoms with Crippen molar-refractivity contribution in [2.24, 2.45) is 0 Å². The molecule has 0 aliphatic carbocycles. The Morgan fingerprint density at radius 3 is 2.56 bits per heavy atom. The summed E-state index contributed by atoms with van der Waals surface area (Å²) in [6.45, 7) is 7.08. The Morgan fingerprint density at radius 1 is 1.09 bits per heavy atom. The number of amides is 2. The minimum Gasteiger partial charge on any atom is -0.494 e. The summed E-state index contributed by atoms with van der Waals surface area (Å²) in [7, 11) is 1.48. The lowest BCUT2D eigenvalue weighted by Crippen LogP contribution is -2.48. The summed E-state index contributed by atoms with van der Waals surface area (Å²) in [6.07, 6.45) is 4.59. The molecule has 1 saturated heterocycles. The van der Waals surface area contributed by atoms with Gasteiger partial charge < -0.3 is 30.3 Å². The first-order valence-corrected chi connectivity index (χ1v) is 15.4. The fourth-order valence-corrected chi connectivity index (χ4v) is 5.27. The number of hydrogen-bond donors (Lipinski definition) is 3. The summed E-state index contributed by atoms with van der Waals surface area (Å²) in [4.78, 5) is 45.5. The van der Waals surface area contributed by atoms with Gasteiger partial charge in [-0.25, -0.2) is 0 Å². The third-order valence-corrected chi connectivity index (χ3v) is 7.61. The number of methoxy groups -OCH3 is 1. The van der Waals surface area contributed by atoms with Gasteiger partial charge in [0.05, 0.1) is 42.7 Å². The van der Waals surface area contributed by atoms with Crippen LogP contribution in [0.3, 0.4) is 0 Å². The van der Waals surface area contributed by atoms with Crippen molar-refractivity contribution >= 4 is 61.7 Å². The fraction of sp³-hybridized carbons (Fsp3) is 0.344. The average molecular weight is 679 g/mol. The molecule has 12 nitrogen and oxygen atoms in total. The van der Waals surface area contributed by atoms with Crippen molar-refractivity contribution in [1.82, 2.24) is 20.1 Å². The number of nitrogens with zero attached hydrogens (tertiary/aromatic N) is 4. The second-order valence-electron chi connectivity index (χ2n) is 10.3. The van der Waals surface area contributed by atoms with Crippen LogP contribution in [0.15, 0.2) is 59.2 Å². The Morgan fingerprint density at radius 2 is 1.84 bits per heavy atom. The molecule has 1 aliphatic rings. The topological polar surface area (TPSA) is 149 Å². The number of anilines is 3. The van der Waals surface area contributed by atoms with Crippen LogP contribution in [0.2, 0.25) is 0 Å². The van der Waals surface area contributed by atoms with Gasteiger partial charge in [0, 0.05) is 72.7 Å². The van der Waals surface area contributed by atoms with Crippen molar-refractivity contribution in [3.05, 3.63) is 64.8 Å². The third kappa shape index (κ3) is 9.74. The van der Waals surface area contributed by atoms with Gasteiger partial charge in [-0.3, -0.25) is 24.3 Å². The van der Waals surface area contributed by atoms with Gasteiger partial charge in [-0.2, -0.15) is 5.26 Å². The highest BCUT2D eigenvalue weighted by molar-refractivity contribution is 9.10. The first-order chi connectivity index (χ1) is 21.8. The zero-order valence-electron chi connectivity index (χ0n) is 25.3. The fourth-order valence-electron chi connectivity index (χ4n) is 4.88. The maximum atomic E-state index is 12.8. The number of esters is 1. The van der Waals surface area contributed by atoms with Crippen LogP contribution in [-0.4, -0.2) is 92.1 Å². The lowest BCUT2D eigenvalue weighted by Gasteiger charge is -2.34. The van der Waals surface area contributed by atoms with E-state index >= 15 is 0 Å². The summed E-state index contributed by atoms with van der Waals surface area (Å²) in [5.74, 6) is -0.717. The molecule has 0 bridgehead atoms. The van der Waals surface area contributed by atoms with Crippen LogP contribution < -0.4 is 20.7 Å². The first-order valence-electron chi connectivity index (χ1n) is 14.6. The number of nitriles is 1. The monoisotopic (exact) mass is 677 g/mol. The number of nitrogens with one attached hydrogen (secondary N) is 3. The minimum atomic E-state index is -0.519. The zero-order chi connectivity index (χ0) is 32.2. The SMILES string of the molecule is CCOC(=O)CN1CCN(CCCNC(=O)C=CC(=O)Nc2cc3c(Nc4cccc(Br)c4)c(C#N)cnc3cc2OC)CC1. The number of benzene rings is 2. The number of carbonyl (C=O) groups is 3. The second kappa shape index (κ2) is 16.5. The molecule has 0 atom stereocenters. The van der Waals surface area contributed by atoms with E-state index in [-0.39, 0.29) is 11.9 Å². The second-order valence-corrected chi connectivity index (χ2v) is 11.2. The van der Waals surface area contributed by atoms with E-state index in [1.165, 1.54) is 19.4 Å². The van der Waals surface area contributed by atoms with Gasteiger partial charge in [0.1, 0.15) is 11.8 Å². The minimum absolute atomic E-state index is 0.197. The van der Waals surface area contributed by atoms with Crippen molar-refractivity contribution in [3.63, 3.8) is 0 Å². The number of aromatic nitrogens is 1. The Labute approximate surface area is 270 Å². The number of piperazine rings is 1. The number of ether oxygens (including phenoxy) is 2. The maximum absolute atomic E-state index is 12.8. The molecule has 2 amide bonds. The van der Waals surface area contributed by atoms with E-state index in [2.05, 4.69) is 52.7 Å². The standard InChI is InChI=1S/C32H36BrN7O5/c1-3-45-31(43)21-40-14-12-39(13-15-40)11-5-10-35-29(41)8-9-30(42)38-27-17-25-26(18-28(27)44-2)36-20-22(19-34)32(25)37-24-7-4-6-23(33)16-24/h4,6-9,16-18,20H,3,5,10-15,21H2,1-2H3,(H,35,41)(H,36,37)(H,38,42). The average Bonchev–Trinajstić information content (AvgIpc) is 3.03. The molecular weight excluding hydrogens is 642 g/mol. The third-order valence-electron chi connectivity index (χ3n) is 7.12. The van der Waals surface area contributed by atoms with Crippen LogP contribution in [0.25, 0.3) is 10.9 Å². The number of pyridine rings is 1. The molecule has 4 rings (SSSR count). The highest BCUT2D eigenvalue weighted by Gasteiger charge is 2.19.